The highest BCUT2D eigenvalue weighted by molar-refractivity contribution is 5.94. The number of hydrogen-bond donors (Lipinski definition) is 1. The lowest BCUT2D eigenvalue weighted by Crippen LogP contribution is -2.29. The third-order valence-corrected chi connectivity index (χ3v) is 2.80. The number of aliphatic hydroxyl groups excluding tert-OH is 1. The van der Waals surface area contributed by atoms with Crippen molar-refractivity contribution in [1.82, 2.24) is 4.90 Å². The van der Waals surface area contributed by atoms with E-state index >= 15 is 0 Å². The van der Waals surface area contributed by atoms with Crippen molar-refractivity contribution in [1.29, 1.82) is 0 Å². The van der Waals surface area contributed by atoms with Gasteiger partial charge in [0, 0.05) is 19.2 Å². The Labute approximate surface area is 115 Å². The summed E-state index contributed by atoms with van der Waals surface area (Å²) < 4.78 is 5.47. The number of ether oxygens (including phenoxy) is 1. The standard InChI is InChI=1S/C15H23NO3/c1-4-11-19-14-7-5-13(6-8-14)15(18)16(3)10-9-12(2)17/h5-8,12,17H,4,9-11H2,1-3H3. The predicted octanol–water partition coefficient (Wildman–Crippen LogP) is 2.32. The number of aliphatic hydroxyl groups is 1. The van der Waals surface area contributed by atoms with Gasteiger partial charge in [-0.05, 0) is 44.0 Å². The van der Waals surface area contributed by atoms with E-state index in [-0.39, 0.29) is 12.0 Å². The number of nitrogens with zero attached hydrogens (tertiary/aromatic N) is 1. The van der Waals surface area contributed by atoms with Gasteiger partial charge in [0.2, 0.25) is 0 Å². The summed E-state index contributed by atoms with van der Waals surface area (Å²) in [5, 5.41) is 9.22. The molecular formula is C15H23NO3. The van der Waals surface area contributed by atoms with Gasteiger partial charge in [0.15, 0.2) is 0 Å². The van der Waals surface area contributed by atoms with E-state index in [1.807, 2.05) is 12.1 Å². The summed E-state index contributed by atoms with van der Waals surface area (Å²) >= 11 is 0. The van der Waals surface area contributed by atoms with Crippen LogP contribution in [0.15, 0.2) is 24.3 Å². The van der Waals surface area contributed by atoms with Crippen molar-refractivity contribution in [2.24, 2.45) is 0 Å². The Bertz CT molecular complexity index is 387. The van der Waals surface area contributed by atoms with Crippen molar-refractivity contribution in [3.63, 3.8) is 0 Å². The largest absolute Gasteiger partial charge is 0.494 e. The van der Waals surface area contributed by atoms with Crippen LogP contribution in [-0.2, 0) is 0 Å². The summed E-state index contributed by atoms with van der Waals surface area (Å²) in [6.45, 7) is 5.00. The Morgan fingerprint density at radius 2 is 2.00 bits per heavy atom. The average Bonchev–Trinajstić information content (AvgIpc) is 2.42. The molecule has 0 aliphatic rings. The van der Waals surface area contributed by atoms with Crippen LogP contribution >= 0.6 is 0 Å². The molecule has 0 saturated heterocycles. The summed E-state index contributed by atoms with van der Waals surface area (Å²) in [7, 11) is 1.74. The molecule has 0 radical (unpaired) electrons. The van der Waals surface area contributed by atoms with Crippen molar-refractivity contribution >= 4 is 5.91 Å². The van der Waals surface area contributed by atoms with Gasteiger partial charge in [0.1, 0.15) is 5.75 Å². The molecule has 19 heavy (non-hydrogen) atoms. The van der Waals surface area contributed by atoms with Gasteiger partial charge in [0.25, 0.3) is 5.91 Å². The van der Waals surface area contributed by atoms with Crippen LogP contribution in [0.1, 0.15) is 37.0 Å². The van der Waals surface area contributed by atoms with Crippen molar-refractivity contribution in [2.75, 3.05) is 20.2 Å². The van der Waals surface area contributed by atoms with Gasteiger partial charge >= 0.3 is 0 Å². The second-order valence-corrected chi connectivity index (χ2v) is 4.74. The first-order chi connectivity index (χ1) is 9.04. The highest BCUT2D eigenvalue weighted by Crippen LogP contribution is 2.14. The molecule has 0 aromatic heterocycles. The molecule has 1 aromatic rings. The van der Waals surface area contributed by atoms with Gasteiger partial charge in [-0.2, -0.15) is 0 Å². The Balaban J connectivity index is 2.56. The summed E-state index contributed by atoms with van der Waals surface area (Å²) in [5.74, 6) is 0.743. The quantitative estimate of drug-likeness (QED) is 0.823. The molecule has 4 nitrogen and oxygen atoms in total. The normalized spacial score (nSPS) is 12.0. The number of benzene rings is 1. The Morgan fingerprint density at radius 3 is 2.53 bits per heavy atom. The van der Waals surface area contributed by atoms with Crippen molar-refractivity contribution < 1.29 is 14.6 Å². The zero-order valence-electron chi connectivity index (χ0n) is 11.9. The number of carbonyl (C=O) groups is 1. The molecule has 0 heterocycles. The minimum atomic E-state index is -0.389. The maximum atomic E-state index is 12.1. The van der Waals surface area contributed by atoms with E-state index in [4.69, 9.17) is 4.74 Å². The maximum Gasteiger partial charge on any atom is 0.253 e. The molecule has 0 saturated carbocycles. The third kappa shape index (κ3) is 5.30. The molecule has 0 fully saturated rings. The second-order valence-electron chi connectivity index (χ2n) is 4.74. The van der Waals surface area contributed by atoms with Crippen LogP contribution < -0.4 is 4.74 Å². The molecule has 0 aliphatic carbocycles. The van der Waals surface area contributed by atoms with Crippen LogP contribution in [-0.4, -0.2) is 42.2 Å². The third-order valence-electron chi connectivity index (χ3n) is 2.80. The lowest BCUT2D eigenvalue weighted by atomic mass is 10.2. The number of rotatable bonds is 7. The van der Waals surface area contributed by atoms with Crippen LogP contribution in [0.4, 0.5) is 0 Å². The molecule has 4 heteroatoms. The summed E-state index contributed by atoms with van der Waals surface area (Å²) in [4.78, 5) is 13.7. The molecule has 0 bridgehead atoms. The van der Waals surface area contributed by atoms with Gasteiger partial charge in [0.05, 0.1) is 12.7 Å². The molecule has 1 atom stereocenters. The zero-order valence-corrected chi connectivity index (χ0v) is 11.9. The van der Waals surface area contributed by atoms with Gasteiger partial charge in [-0.3, -0.25) is 4.79 Å². The van der Waals surface area contributed by atoms with E-state index in [0.29, 0.717) is 25.1 Å². The van der Waals surface area contributed by atoms with E-state index < -0.39 is 0 Å². The van der Waals surface area contributed by atoms with E-state index in [1.54, 1.807) is 31.0 Å². The summed E-state index contributed by atoms with van der Waals surface area (Å²) in [6, 6.07) is 7.16. The molecule has 0 spiro atoms. The average molecular weight is 265 g/mol. The molecule has 1 amide bonds. The Hall–Kier alpha value is -1.55. The van der Waals surface area contributed by atoms with Crippen molar-refractivity contribution in [3.05, 3.63) is 29.8 Å². The smallest absolute Gasteiger partial charge is 0.253 e. The maximum absolute atomic E-state index is 12.1. The van der Waals surface area contributed by atoms with Gasteiger partial charge in [-0.15, -0.1) is 0 Å². The zero-order chi connectivity index (χ0) is 14.3. The summed E-state index contributed by atoms with van der Waals surface area (Å²) in [5.41, 5.74) is 0.636. The van der Waals surface area contributed by atoms with Gasteiger partial charge < -0.3 is 14.7 Å². The van der Waals surface area contributed by atoms with E-state index in [9.17, 15) is 9.90 Å². The van der Waals surface area contributed by atoms with Crippen LogP contribution in [0.2, 0.25) is 0 Å². The Morgan fingerprint density at radius 1 is 1.37 bits per heavy atom. The van der Waals surface area contributed by atoms with Crippen LogP contribution in [0.25, 0.3) is 0 Å². The van der Waals surface area contributed by atoms with E-state index in [0.717, 1.165) is 12.2 Å². The van der Waals surface area contributed by atoms with Crippen LogP contribution in [0.5, 0.6) is 5.75 Å². The first kappa shape index (κ1) is 15.5. The van der Waals surface area contributed by atoms with Crippen LogP contribution in [0.3, 0.4) is 0 Å². The summed E-state index contributed by atoms with van der Waals surface area (Å²) in [6.07, 6.45) is 1.16. The molecule has 1 N–H and O–H groups in total. The topological polar surface area (TPSA) is 49.8 Å². The van der Waals surface area contributed by atoms with E-state index in [1.165, 1.54) is 0 Å². The SMILES string of the molecule is CCCOc1ccc(C(=O)N(C)CCC(C)O)cc1. The minimum absolute atomic E-state index is 0.0392. The van der Waals surface area contributed by atoms with Crippen molar-refractivity contribution in [3.8, 4) is 5.75 Å². The monoisotopic (exact) mass is 265 g/mol. The van der Waals surface area contributed by atoms with Crippen LogP contribution in [0, 0.1) is 0 Å². The second kappa shape index (κ2) is 7.79. The molecule has 106 valence electrons. The van der Waals surface area contributed by atoms with Crippen molar-refractivity contribution in [2.45, 2.75) is 32.8 Å². The Kier molecular flexibility index (Phi) is 6.36. The number of amides is 1. The highest BCUT2D eigenvalue weighted by atomic mass is 16.5. The lowest BCUT2D eigenvalue weighted by molar-refractivity contribution is 0.0769. The fourth-order valence-electron chi connectivity index (χ4n) is 1.62. The molecule has 1 aromatic carbocycles. The van der Waals surface area contributed by atoms with E-state index in [2.05, 4.69) is 6.92 Å². The molecular weight excluding hydrogens is 242 g/mol. The highest BCUT2D eigenvalue weighted by Gasteiger charge is 2.12. The fourth-order valence-corrected chi connectivity index (χ4v) is 1.62. The first-order valence-electron chi connectivity index (χ1n) is 6.71. The molecule has 0 aliphatic heterocycles. The minimum Gasteiger partial charge on any atom is -0.494 e. The lowest BCUT2D eigenvalue weighted by Gasteiger charge is -2.18. The van der Waals surface area contributed by atoms with Gasteiger partial charge in [-0.1, -0.05) is 6.92 Å². The number of hydrogen-bond acceptors (Lipinski definition) is 3. The molecule has 1 unspecified atom stereocenters. The van der Waals surface area contributed by atoms with Gasteiger partial charge in [-0.25, -0.2) is 0 Å². The number of carbonyl (C=O) groups excluding carboxylic acids is 1. The first-order valence-corrected chi connectivity index (χ1v) is 6.71. The molecule has 1 rings (SSSR count). The fraction of sp³-hybridized carbons (Fsp3) is 0.533. The predicted molar refractivity (Wildman–Crippen MR) is 75.5 cm³/mol.